The van der Waals surface area contributed by atoms with E-state index in [-0.39, 0.29) is 35.6 Å². The highest BCUT2D eigenvalue weighted by molar-refractivity contribution is 9.09. The van der Waals surface area contributed by atoms with Crippen LogP contribution in [-0.2, 0) is 19.1 Å². The van der Waals surface area contributed by atoms with Gasteiger partial charge in [0.05, 0.1) is 30.6 Å². The third-order valence-electron chi connectivity index (χ3n) is 9.82. The van der Waals surface area contributed by atoms with Crippen LogP contribution < -0.4 is 9.80 Å². The number of rotatable bonds is 11. The largest absolute Gasteiger partial charge is 0.394 e. The van der Waals surface area contributed by atoms with Crippen LogP contribution in [0.15, 0.2) is 104 Å². The zero-order valence-electron chi connectivity index (χ0n) is 26.7. The van der Waals surface area contributed by atoms with Crippen LogP contribution in [0.5, 0.6) is 0 Å². The van der Waals surface area contributed by atoms with Crippen molar-refractivity contribution in [3.8, 4) is 0 Å². The summed E-state index contributed by atoms with van der Waals surface area (Å²) in [5.74, 6) is -2.80. The number of halogens is 1. The molecule has 8 nitrogen and oxygen atoms in total. The Balaban J connectivity index is 1.51. The van der Waals surface area contributed by atoms with Gasteiger partial charge in [-0.2, -0.15) is 0 Å². The first-order chi connectivity index (χ1) is 22.7. The molecule has 7 atom stereocenters. The normalized spacial score (nSPS) is 26.5. The lowest BCUT2D eigenvalue weighted by atomic mass is 9.70. The van der Waals surface area contributed by atoms with Crippen molar-refractivity contribution in [2.24, 2.45) is 11.8 Å². The highest BCUT2D eigenvalue weighted by atomic mass is 79.9. The molecular weight excluding hydrogens is 658 g/mol. The minimum Gasteiger partial charge on any atom is -0.394 e. The third kappa shape index (κ3) is 5.44. The summed E-state index contributed by atoms with van der Waals surface area (Å²) in [4.78, 5) is 49.3. The summed E-state index contributed by atoms with van der Waals surface area (Å²) in [6.45, 7) is 11.7. The molecule has 9 heteroatoms. The fourth-order valence-electron chi connectivity index (χ4n) is 7.83. The monoisotopic (exact) mass is 697 g/mol. The molecule has 3 aliphatic rings. The molecule has 244 valence electrons. The molecular formula is C38H40BrN3O5. The van der Waals surface area contributed by atoms with Crippen molar-refractivity contribution >= 4 is 45.0 Å². The first-order valence-corrected chi connectivity index (χ1v) is 16.9. The van der Waals surface area contributed by atoms with E-state index in [9.17, 15) is 14.7 Å². The second-order valence-corrected chi connectivity index (χ2v) is 13.8. The van der Waals surface area contributed by atoms with E-state index in [2.05, 4.69) is 29.1 Å². The van der Waals surface area contributed by atoms with Gasteiger partial charge >= 0.3 is 0 Å². The van der Waals surface area contributed by atoms with Gasteiger partial charge in [0.15, 0.2) is 0 Å². The summed E-state index contributed by atoms with van der Waals surface area (Å²) in [6.07, 6.45) is 3.03. The number of anilines is 2. The second-order valence-electron chi connectivity index (χ2n) is 12.6. The first-order valence-electron chi connectivity index (χ1n) is 15.9. The number of para-hydroxylation sites is 1. The fourth-order valence-corrected chi connectivity index (χ4v) is 8.77. The summed E-state index contributed by atoms with van der Waals surface area (Å²) in [5, 5.41) is 10.9. The van der Waals surface area contributed by atoms with Crippen molar-refractivity contribution in [3.05, 3.63) is 121 Å². The summed E-state index contributed by atoms with van der Waals surface area (Å²) >= 11 is 3.79. The van der Waals surface area contributed by atoms with E-state index in [1.165, 1.54) is 4.90 Å². The van der Waals surface area contributed by atoms with Gasteiger partial charge in [0.2, 0.25) is 11.8 Å². The van der Waals surface area contributed by atoms with Gasteiger partial charge in [-0.3, -0.25) is 14.4 Å². The number of amides is 3. The Morgan fingerprint density at radius 1 is 1.00 bits per heavy atom. The standard InChI is InChI=1S/C38H40BrN3O5/c1-5-19-40(27-15-11-8-12-16-27)35(44)31-32-36(45)42(30(23-43)26-13-9-7-10-14-26)34(38(32)22-28(39)33(31)47-38)37(46)41(20-6-2)29-21-24(3)17-18-25(29)4/h5-18,21,28,30-34,43H,1-2,19-20,22-23H2,3-4H3/t28?,30-,31-,32+,33-,34?,38?/m1/s1. The van der Waals surface area contributed by atoms with Gasteiger partial charge in [-0.15, -0.1) is 13.2 Å². The van der Waals surface area contributed by atoms with Crippen molar-refractivity contribution < 1.29 is 24.2 Å². The highest BCUT2D eigenvalue weighted by Crippen LogP contribution is 2.61. The van der Waals surface area contributed by atoms with Crippen LogP contribution in [0, 0.1) is 25.7 Å². The van der Waals surface area contributed by atoms with Gasteiger partial charge < -0.3 is 24.5 Å². The Kier molecular flexibility index (Phi) is 9.25. The molecule has 3 aromatic carbocycles. The van der Waals surface area contributed by atoms with Gasteiger partial charge in [0, 0.05) is 29.3 Å². The second kappa shape index (κ2) is 13.2. The van der Waals surface area contributed by atoms with E-state index < -0.39 is 42.2 Å². The number of hydrogen-bond acceptors (Lipinski definition) is 5. The van der Waals surface area contributed by atoms with E-state index in [4.69, 9.17) is 4.74 Å². The molecule has 47 heavy (non-hydrogen) atoms. The van der Waals surface area contributed by atoms with E-state index >= 15 is 4.79 Å². The van der Waals surface area contributed by atoms with Crippen LogP contribution >= 0.6 is 15.9 Å². The number of aliphatic hydroxyl groups is 1. The maximum atomic E-state index is 15.2. The van der Waals surface area contributed by atoms with Crippen molar-refractivity contribution in [2.75, 3.05) is 29.5 Å². The molecule has 3 heterocycles. The molecule has 3 saturated heterocycles. The Labute approximate surface area is 284 Å². The van der Waals surface area contributed by atoms with E-state index in [1.807, 2.05) is 92.7 Å². The molecule has 3 fully saturated rings. The Morgan fingerprint density at radius 2 is 1.64 bits per heavy atom. The molecule has 3 aromatic rings. The number of aliphatic hydroxyl groups excluding tert-OH is 1. The van der Waals surface area contributed by atoms with Crippen LogP contribution in [-0.4, -0.2) is 70.0 Å². The summed E-state index contributed by atoms with van der Waals surface area (Å²) in [6, 6.07) is 22.4. The van der Waals surface area contributed by atoms with Crippen molar-refractivity contribution in [1.29, 1.82) is 0 Å². The predicted molar refractivity (Wildman–Crippen MR) is 186 cm³/mol. The molecule has 0 radical (unpaired) electrons. The van der Waals surface area contributed by atoms with E-state index in [0.29, 0.717) is 23.4 Å². The van der Waals surface area contributed by atoms with E-state index in [0.717, 1.165) is 11.1 Å². The highest BCUT2D eigenvalue weighted by Gasteiger charge is 2.77. The average Bonchev–Trinajstić information content (AvgIpc) is 3.68. The quantitative estimate of drug-likeness (QED) is 0.211. The zero-order chi connectivity index (χ0) is 33.5. The number of hydrogen-bond donors (Lipinski definition) is 1. The predicted octanol–water partition coefficient (Wildman–Crippen LogP) is 5.52. The number of nitrogens with zero attached hydrogens (tertiary/aromatic N) is 3. The molecule has 3 aliphatic heterocycles. The number of ether oxygens (including phenoxy) is 1. The smallest absolute Gasteiger partial charge is 0.253 e. The lowest BCUT2D eigenvalue weighted by Crippen LogP contribution is -2.58. The molecule has 0 saturated carbocycles. The molecule has 6 rings (SSSR count). The Bertz CT molecular complexity index is 1680. The van der Waals surface area contributed by atoms with Crippen molar-refractivity contribution in [1.82, 2.24) is 4.90 Å². The SMILES string of the molecule is C=CCN(C(=O)[C@H]1[C@@H]2OC3(CC2Br)C(C(=O)N(CC=C)c2cc(C)ccc2C)N([C@H](CO)c2ccccc2)C(=O)[C@H]13)c1ccccc1. The van der Waals surface area contributed by atoms with Crippen LogP contribution in [0.2, 0.25) is 0 Å². The molecule has 0 aliphatic carbocycles. The summed E-state index contributed by atoms with van der Waals surface area (Å²) in [5.41, 5.74) is 2.63. The molecule has 2 bridgehead atoms. The summed E-state index contributed by atoms with van der Waals surface area (Å²) in [7, 11) is 0. The van der Waals surface area contributed by atoms with Crippen LogP contribution in [0.4, 0.5) is 11.4 Å². The average molecular weight is 699 g/mol. The Morgan fingerprint density at radius 3 is 2.28 bits per heavy atom. The lowest BCUT2D eigenvalue weighted by molar-refractivity contribution is -0.144. The van der Waals surface area contributed by atoms with Gasteiger partial charge in [-0.25, -0.2) is 0 Å². The maximum Gasteiger partial charge on any atom is 0.253 e. The third-order valence-corrected chi connectivity index (χ3v) is 10.7. The van der Waals surface area contributed by atoms with Crippen molar-refractivity contribution in [2.45, 2.75) is 48.9 Å². The zero-order valence-corrected chi connectivity index (χ0v) is 28.3. The number of benzene rings is 3. The Hall–Kier alpha value is -4.05. The number of likely N-dealkylation sites (tertiary alicyclic amines) is 1. The summed E-state index contributed by atoms with van der Waals surface area (Å²) < 4.78 is 6.84. The minimum absolute atomic E-state index is 0.197. The van der Waals surface area contributed by atoms with E-state index in [1.54, 1.807) is 22.0 Å². The molecule has 3 unspecified atom stereocenters. The van der Waals surface area contributed by atoms with Crippen LogP contribution in [0.1, 0.15) is 29.2 Å². The van der Waals surface area contributed by atoms with Gasteiger partial charge in [-0.1, -0.05) is 88.7 Å². The van der Waals surface area contributed by atoms with Crippen molar-refractivity contribution in [3.63, 3.8) is 0 Å². The molecule has 1 spiro atoms. The number of aryl methyl sites for hydroxylation is 2. The molecule has 1 N–H and O–H groups in total. The topological polar surface area (TPSA) is 90.4 Å². The van der Waals surface area contributed by atoms with Gasteiger partial charge in [-0.05, 0) is 55.2 Å². The number of fused-ring (bicyclic) bond motifs is 1. The molecule has 3 amide bonds. The minimum atomic E-state index is -1.32. The van der Waals surface area contributed by atoms with Crippen LogP contribution in [0.3, 0.4) is 0 Å². The molecule has 0 aromatic heterocycles. The maximum absolute atomic E-state index is 15.2. The first kappa shape index (κ1) is 32.9. The fraction of sp³-hybridized carbons (Fsp3) is 0.342. The van der Waals surface area contributed by atoms with Crippen LogP contribution in [0.25, 0.3) is 0 Å². The van der Waals surface area contributed by atoms with Gasteiger partial charge in [0.25, 0.3) is 5.91 Å². The number of carbonyl (C=O) groups is 3. The number of alkyl halides is 1. The van der Waals surface area contributed by atoms with Gasteiger partial charge in [0.1, 0.15) is 11.6 Å². The lowest BCUT2D eigenvalue weighted by Gasteiger charge is -2.40. The number of carbonyl (C=O) groups excluding carboxylic acids is 3.